The topological polar surface area (TPSA) is 202 Å². The normalized spacial score (nSPS) is 18.6. The fourth-order valence-electron chi connectivity index (χ4n) is 4.43. The number of thioether (sulfide) groups is 1. The lowest BCUT2D eigenvalue weighted by atomic mass is 10.0. The van der Waals surface area contributed by atoms with Crippen molar-refractivity contribution in [2.45, 2.75) is 69.2 Å². The lowest BCUT2D eigenvalue weighted by Gasteiger charge is -2.49. The van der Waals surface area contributed by atoms with E-state index in [0.29, 0.717) is 18.4 Å². The van der Waals surface area contributed by atoms with Crippen LogP contribution in [0.4, 0.5) is 4.79 Å². The molecule has 0 bridgehead atoms. The van der Waals surface area contributed by atoms with Gasteiger partial charge < -0.3 is 29.1 Å². The van der Waals surface area contributed by atoms with Gasteiger partial charge in [0.05, 0.1) is 11.5 Å². The summed E-state index contributed by atoms with van der Waals surface area (Å²) in [6.07, 6.45) is -1.62. The number of amides is 2. The molecule has 47 heavy (non-hydrogen) atoms. The summed E-state index contributed by atoms with van der Waals surface area (Å²) in [6, 6.07) is 4.48. The number of ketones is 1. The van der Waals surface area contributed by atoms with Gasteiger partial charge >= 0.3 is 12.1 Å². The van der Waals surface area contributed by atoms with E-state index in [0.717, 1.165) is 17.6 Å². The van der Waals surface area contributed by atoms with Crippen LogP contribution in [0.1, 0.15) is 39.2 Å². The molecule has 16 nitrogen and oxygen atoms in total. The minimum atomic E-state index is -4.34. The zero-order valence-electron chi connectivity index (χ0n) is 26.7. The number of hydrogen-bond donors (Lipinski definition) is 1. The summed E-state index contributed by atoms with van der Waals surface area (Å²) in [4.78, 5) is 70.0. The van der Waals surface area contributed by atoms with Crippen LogP contribution in [0.15, 0.2) is 45.6 Å². The number of nitrogens with one attached hydrogen (secondary N) is 1. The Balaban J connectivity index is 1.68. The number of Topliss-reactive ketones (excluding diaryl/α,β-unsaturated/α-hetero) is 1. The average molecular weight is 700 g/mol. The van der Waals surface area contributed by atoms with E-state index in [1.807, 2.05) is 13.8 Å². The molecule has 0 spiro atoms. The van der Waals surface area contributed by atoms with Gasteiger partial charge in [-0.3, -0.25) is 23.5 Å². The molecular formula is C29H37N3O13S2. The fourth-order valence-corrected chi connectivity index (χ4v) is 6.63. The van der Waals surface area contributed by atoms with E-state index in [4.69, 9.17) is 23.1 Å². The molecule has 1 aromatic rings. The van der Waals surface area contributed by atoms with Crippen LogP contribution in [0.2, 0.25) is 0 Å². The van der Waals surface area contributed by atoms with Crippen molar-refractivity contribution >= 4 is 57.3 Å². The molecule has 258 valence electrons. The molecule has 3 rings (SSSR count). The molecule has 3 atom stereocenters. The van der Waals surface area contributed by atoms with Crippen molar-refractivity contribution < 1.29 is 60.4 Å². The minimum absolute atomic E-state index is 0.0262. The number of esters is 1. The lowest BCUT2D eigenvalue weighted by Crippen LogP contribution is -2.71. The van der Waals surface area contributed by atoms with Crippen LogP contribution >= 0.6 is 11.8 Å². The lowest BCUT2D eigenvalue weighted by molar-refractivity contribution is -0.169. The van der Waals surface area contributed by atoms with Gasteiger partial charge in [-0.15, -0.1) is 11.8 Å². The summed E-state index contributed by atoms with van der Waals surface area (Å²) in [5.41, 5.74) is 0.220. The van der Waals surface area contributed by atoms with Gasteiger partial charge in [0.1, 0.15) is 36.9 Å². The number of rotatable bonds is 16. The van der Waals surface area contributed by atoms with Crippen molar-refractivity contribution in [1.82, 2.24) is 10.2 Å². The second-order valence-corrected chi connectivity index (χ2v) is 12.9. The Morgan fingerprint density at radius 3 is 2.32 bits per heavy atom. The minimum Gasteiger partial charge on any atom is -0.431 e. The van der Waals surface area contributed by atoms with Crippen molar-refractivity contribution in [2.75, 3.05) is 33.2 Å². The maximum absolute atomic E-state index is 13.3. The van der Waals surface area contributed by atoms with Crippen molar-refractivity contribution in [2.24, 2.45) is 5.16 Å². The Kier molecular flexibility index (Phi) is 13.3. The van der Waals surface area contributed by atoms with E-state index in [-0.39, 0.29) is 29.1 Å². The third-order valence-corrected chi connectivity index (χ3v) is 9.49. The number of fused-ring (bicyclic) bond motifs is 1. The van der Waals surface area contributed by atoms with Crippen LogP contribution in [0.3, 0.4) is 0 Å². The zero-order chi connectivity index (χ0) is 34.9. The molecular weight excluding hydrogens is 662 g/mol. The van der Waals surface area contributed by atoms with Crippen LogP contribution in [-0.4, -0.2) is 106 Å². The predicted molar refractivity (Wildman–Crippen MR) is 165 cm³/mol. The monoisotopic (exact) mass is 699 g/mol. The molecule has 2 amide bonds. The number of benzene rings is 1. The van der Waals surface area contributed by atoms with Crippen molar-refractivity contribution in [3.05, 3.63) is 41.1 Å². The first-order chi connectivity index (χ1) is 22.3. The van der Waals surface area contributed by atoms with Gasteiger partial charge in [0, 0.05) is 19.8 Å². The van der Waals surface area contributed by atoms with E-state index in [9.17, 15) is 32.4 Å². The fraction of sp³-hybridized carbons (Fsp3) is 0.517. The molecule has 0 radical (unpaired) electrons. The van der Waals surface area contributed by atoms with Crippen LogP contribution in [0.5, 0.6) is 0 Å². The maximum Gasteiger partial charge on any atom is 0.511 e. The number of hydrogen-bond acceptors (Lipinski definition) is 15. The SMILES string of the molecule is CCC(CC)OC(=O)OC(C)OC(=O)C1=C(COC)CS[C@@H]2C(NC(=O)/C(=N\OC)C(=O)COS(=O)(=O)c3ccc(C)cc3)C(=O)N12. The van der Waals surface area contributed by atoms with Gasteiger partial charge in [0.25, 0.3) is 21.9 Å². The Morgan fingerprint density at radius 2 is 1.72 bits per heavy atom. The highest BCUT2D eigenvalue weighted by atomic mass is 32.2. The van der Waals surface area contributed by atoms with E-state index >= 15 is 0 Å². The smallest absolute Gasteiger partial charge is 0.431 e. The first-order valence-corrected chi connectivity index (χ1v) is 16.9. The Labute approximate surface area is 276 Å². The van der Waals surface area contributed by atoms with Crippen LogP contribution in [-0.2, 0) is 57.3 Å². The van der Waals surface area contributed by atoms with E-state index in [2.05, 4.69) is 15.3 Å². The highest BCUT2D eigenvalue weighted by Crippen LogP contribution is 2.41. The van der Waals surface area contributed by atoms with Crippen LogP contribution in [0, 0.1) is 6.92 Å². The maximum atomic E-state index is 13.3. The molecule has 2 aliphatic heterocycles. The summed E-state index contributed by atoms with van der Waals surface area (Å²) in [5, 5.41) is 5.00. The van der Waals surface area contributed by atoms with Gasteiger partial charge in [-0.25, -0.2) is 9.59 Å². The molecule has 2 heterocycles. The molecule has 0 saturated carbocycles. The first kappa shape index (κ1) is 37.5. The summed E-state index contributed by atoms with van der Waals surface area (Å²) < 4.78 is 50.5. The number of oxime groups is 1. The van der Waals surface area contributed by atoms with E-state index in [1.165, 1.54) is 37.9 Å². The summed E-state index contributed by atoms with van der Waals surface area (Å²) in [7, 11) is -1.88. The Bertz CT molecular complexity index is 1520. The molecule has 2 unspecified atom stereocenters. The molecule has 0 aliphatic carbocycles. The number of ether oxygens (including phenoxy) is 4. The molecule has 2 aliphatic rings. The van der Waals surface area contributed by atoms with Crippen LogP contribution in [0.25, 0.3) is 0 Å². The Hall–Kier alpha value is -4.00. The van der Waals surface area contributed by atoms with Gasteiger partial charge in [0.2, 0.25) is 17.8 Å². The number of carbonyl (C=O) groups excluding carboxylic acids is 5. The zero-order valence-corrected chi connectivity index (χ0v) is 28.3. The first-order valence-electron chi connectivity index (χ1n) is 14.4. The quantitative estimate of drug-likeness (QED) is 0.0498. The van der Waals surface area contributed by atoms with Crippen molar-refractivity contribution in [3.63, 3.8) is 0 Å². The van der Waals surface area contributed by atoms with Gasteiger partial charge in [-0.2, -0.15) is 8.42 Å². The number of nitrogens with zero attached hydrogens (tertiary/aromatic N) is 2. The molecule has 1 N–H and O–H groups in total. The number of methoxy groups -OCH3 is 1. The molecule has 0 aromatic heterocycles. The second kappa shape index (κ2) is 16.7. The van der Waals surface area contributed by atoms with Crippen molar-refractivity contribution in [1.29, 1.82) is 0 Å². The molecule has 1 fully saturated rings. The number of β-lactam (4-membered cyclic amide) rings is 1. The highest BCUT2D eigenvalue weighted by Gasteiger charge is 2.55. The van der Waals surface area contributed by atoms with Crippen molar-refractivity contribution in [3.8, 4) is 0 Å². The van der Waals surface area contributed by atoms with Gasteiger partial charge in [0.15, 0.2) is 0 Å². The summed E-state index contributed by atoms with van der Waals surface area (Å²) in [6.45, 7) is 5.65. The summed E-state index contributed by atoms with van der Waals surface area (Å²) in [5.74, 6) is -3.77. The Morgan fingerprint density at radius 1 is 1.06 bits per heavy atom. The van der Waals surface area contributed by atoms with Gasteiger partial charge in [-0.05, 0) is 37.5 Å². The van der Waals surface area contributed by atoms with Crippen LogP contribution < -0.4 is 5.32 Å². The van der Waals surface area contributed by atoms with Gasteiger partial charge in [-0.1, -0.05) is 36.7 Å². The second-order valence-electron chi connectivity index (χ2n) is 10.2. The summed E-state index contributed by atoms with van der Waals surface area (Å²) >= 11 is 1.20. The third kappa shape index (κ3) is 9.30. The predicted octanol–water partition coefficient (Wildman–Crippen LogP) is 1.80. The van der Waals surface area contributed by atoms with E-state index < -0.39 is 69.9 Å². The van der Waals surface area contributed by atoms with E-state index in [1.54, 1.807) is 19.1 Å². The third-order valence-electron chi connectivity index (χ3n) is 6.87. The number of carbonyl (C=O) groups is 5. The highest BCUT2D eigenvalue weighted by molar-refractivity contribution is 8.00. The molecule has 1 saturated heterocycles. The molecule has 18 heteroatoms. The number of aryl methyl sites for hydroxylation is 1. The molecule has 1 aromatic carbocycles. The standard InChI is InChI=1S/C29H37N3O13S2/c1-7-19(8-2)45-29(37)44-17(4)43-28(36)24-18(13-40-5)15-46-27-23(26(35)32(24)27)30-25(34)22(31-41-6)21(33)14-42-47(38,39)20-11-9-16(3)10-12-20/h9-12,17,19,23,27H,7-8,13-15H2,1-6H3,(H,30,34)/b31-22-/t17?,23?,27-/m1/s1. The average Bonchev–Trinajstić information content (AvgIpc) is 3.03. The largest absolute Gasteiger partial charge is 0.511 e.